The van der Waals surface area contributed by atoms with Gasteiger partial charge in [-0.3, -0.25) is 0 Å². The minimum absolute atomic E-state index is 0.0713. The SMILES string of the molecule is CCCCOC1C(OCCCC)[C@H](Sc2cc(C(C)(C)C)ccc2C)OC2COC(c3ccccc3)O[C@H]21. The van der Waals surface area contributed by atoms with Gasteiger partial charge in [-0.1, -0.05) is 102 Å². The molecule has 0 N–H and O–H groups in total. The van der Waals surface area contributed by atoms with Gasteiger partial charge >= 0.3 is 0 Å². The molecular formula is C32H46O5S. The number of benzene rings is 2. The van der Waals surface area contributed by atoms with Gasteiger partial charge in [-0.05, 0) is 42.4 Å². The molecule has 4 rings (SSSR count). The lowest BCUT2D eigenvalue weighted by Gasteiger charge is -2.49. The van der Waals surface area contributed by atoms with Crippen LogP contribution in [0.4, 0.5) is 0 Å². The second-order valence-electron chi connectivity index (χ2n) is 11.4. The first kappa shape index (κ1) is 29.6. The van der Waals surface area contributed by atoms with E-state index in [1.54, 1.807) is 11.8 Å². The second-order valence-corrected chi connectivity index (χ2v) is 12.6. The summed E-state index contributed by atoms with van der Waals surface area (Å²) in [5, 5.41) is 0. The Kier molecular flexibility index (Phi) is 10.7. The average Bonchev–Trinajstić information content (AvgIpc) is 2.91. The predicted octanol–water partition coefficient (Wildman–Crippen LogP) is 7.59. The molecule has 210 valence electrons. The highest BCUT2D eigenvalue weighted by atomic mass is 32.2. The summed E-state index contributed by atoms with van der Waals surface area (Å²) in [6.45, 7) is 15.1. The van der Waals surface area contributed by atoms with Gasteiger partial charge in [0.2, 0.25) is 0 Å². The summed E-state index contributed by atoms with van der Waals surface area (Å²) in [6, 6.07) is 16.9. The zero-order valence-corrected chi connectivity index (χ0v) is 24.8. The number of ether oxygens (including phenoxy) is 5. The van der Waals surface area contributed by atoms with Crippen molar-refractivity contribution in [3.8, 4) is 0 Å². The number of rotatable bonds is 11. The van der Waals surface area contributed by atoms with Crippen molar-refractivity contribution in [2.75, 3.05) is 19.8 Å². The van der Waals surface area contributed by atoms with E-state index in [-0.39, 0.29) is 35.3 Å². The highest BCUT2D eigenvalue weighted by Gasteiger charge is 2.51. The Morgan fingerprint density at radius 3 is 2.24 bits per heavy atom. The largest absolute Gasteiger partial charge is 0.373 e. The van der Waals surface area contributed by atoms with Crippen molar-refractivity contribution < 1.29 is 23.7 Å². The molecule has 2 aliphatic heterocycles. The van der Waals surface area contributed by atoms with Gasteiger partial charge in [0.1, 0.15) is 29.9 Å². The van der Waals surface area contributed by atoms with Crippen molar-refractivity contribution in [2.24, 2.45) is 0 Å². The summed E-state index contributed by atoms with van der Waals surface area (Å²) in [4.78, 5) is 1.22. The van der Waals surface area contributed by atoms with Gasteiger partial charge in [0.15, 0.2) is 6.29 Å². The third-order valence-electron chi connectivity index (χ3n) is 7.27. The van der Waals surface area contributed by atoms with E-state index in [1.807, 2.05) is 30.3 Å². The summed E-state index contributed by atoms with van der Waals surface area (Å²) in [5.74, 6) is 0. The smallest absolute Gasteiger partial charge is 0.184 e. The fraction of sp³-hybridized carbons (Fsp3) is 0.625. The fourth-order valence-electron chi connectivity index (χ4n) is 4.83. The molecule has 2 fully saturated rings. The maximum atomic E-state index is 6.75. The van der Waals surface area contributed by atoms with Crippen LogP contribution in [0.1, 0.15) is 83.3 Å². The Morgan fingerprint density at radius 1 is 0.895 bits per heavy atom. The molecule has 0 aromatic heterocycles. The van der Waals surface area contributed by atoms with E-state index in [0.29, 0.717) is 19.8 Å². The van der Waals surface area contributed by atoms with Crippen LogP contribution in [0.5, 0.6) is 0 Å². The molecule has 2 aliphatic rings. The molecule has 2 aromatic carbocycles. The van der Waals surface area contributed by atoms with Crippen LogP contribution in [-0.4, -0.2) is 49.7 Å². The van der Waals surface area contributed by atoms with Crippen molar-refractivity contribution in [3.05, 3.63) is 65.2 Å². The second kappa shape index (κ2) is 13.8. The standard InChI is InChI=1S/C32H46O5S/c1-7-9-18-33-28-27-25(21-35-30(37-27)23-14-12-11-13-15-23)36-31(29(28)34-19-10-8-2)38-26-20-24(32(4,5)6)17-16-22(26)3/h11-17,20,25,27-31H,7-10,18-19,21H2,1-6H3/t25?,27-,28?,29?,30?,31+/m1/s1. The van der Waals surface area contributed by atoms with Crippen LogP contribution in [0, 0.1) is 6.92 Å². The highest BCUT2D eigenvalue weighted by molar-refractivity contribution is 7.99. The van der Waals surface area contributed by atoms with E-state index >= 15 is 0 Å². The van der Waals surface area contributed by atoms with Gasteiger partial charge in [0, 0.05) is 23.7 Å². The zero-order chi connectivity index (χ0) is 27.1. The maximum Gasteiger partial charge on any atom is 0.184 e. The fourth-order valence-corrected chi connectivity index (χ4v) is 6.10. The molecule has 2 saturated heterocycles. The molecule has 5 nitrogen and oxygen atoms in total. The molecule has 0 spiro atoms. The van der Waals surface area contributed by atoms with E-state index in [0.717, 1.165) is 31.2 Å². The highest BCUT2D eigenvalue weighted by Crippen LogP contribution is 2.42. The summed E-state index contributed by atoms with van der Waals surface area (Å²) >= 11 is 1.75. The van der Waals surface area contributed by atoms with Crippen molar-refractivity contribution in [1.82, 2.24) is 0 Å². The van der Waals surface area contributed by atoms with Gasteiger partial charge in [0.05, 0.1) is 6.61 Å². The van der Waals surface area contributed by atoms with Crippen molar-refractivity contribution >= 4 is 11.8 Å². The van der Waals surface area contributed by atoms with E-state index < -0.39 is 6.29 Å². The van der Waals surface area contributed by atoms with Crippen LogP contribution in [0.25, 0.3) is 0 Å². The van der Waals surface area contributed by atoms with Crippen LogP contribution in [0.15, 0.2) is 53.4 Å². The molecule has 0 radical (unpaired) electrons. The van der Waals surface area contributed by atoms with Gasteiger partial charge in [-0.25, -0.2) is 0 Å². The first-order valence-corrected chi connectivity index (χ1v) is 15.2. The molecule has 2 heterocycles. The number of unbranched alkanes of at least 4 members (excludes halogenated alkanes) is 2. The van der Waals surface area contributed by atoms with Crippen LogP contribution >= 0.6 is 11.8 Å². The molecular weight excluding hydrogens is 496 g/mol. The number of hydrogen-bond acceptors (Lipinski definition) is 6. The van der Waals surface area contributed by atoms with Crippen LogP contribution in [0.2, 0.25) is 0 Å². The Bertz CT molecular complexity index is 991. The molecule has 6 heteroatoms. The Balaban J connectivity index is 1.62. The molecule has 4 unspecified atom stereocenters. The summed E-state index contributed by atoms with van der Waals surface area (Å²) in [6.07, 6.45) is 2.72. The molecule has 0 saturated carbocycles. The lowest BCUT2D eigenvalue weighted by atomic mass is 9.87. The Morgan fingerprint density at radius 2 is 1.58 bits per heavy atom. The van der Waals surface area contributed by atoms with E-state index in [4.69, 9.17) is 23.7 Å². The quantitative estimate of drug-likeness (QED) is 0.273. The van der Waals surface area contributed by atoms with Crippen LogP contribution in [-0.2, 0) is 29.1 Å². The molecule has 38 heavy (non-hydrogen) atoms. The van der Waals surface area contributed by atoms with Crippen molar-refractivity contribution in [3.63, 3.8) is 0 Å². The first-order valence-electron chi connectivity index (χ1n) is 14.3. The number of thioether (sulfide) groups is 1. The molecule has 0 bridgehead atoms. The molecule has 6 atom stereocenters. The lowest BCUT2D eigenvalue weighted by molar-refractivity contribution is -0.327. The minimum atomic E-state index is -0.440. The minimum Gasteiger partial charge on any atom is -0.373 e. The summed E-state index contributed by atoms with van der Waals surface area (Å²) in [5.41, 5.74) is 3.40. The predicted molar refractivity (Wildman–Crippen MR) is 154 cm³/mol. The Labute approximate surface area is 233 Å². The van der Waals surface area contributed by atoms with Gasteiger partial charge in [-0.2, -0.15) is 0 Å². The van der Waals surface area contributed by atoms with Gasteiger partial charge in [0.25, 0.3) is 0 Å². The van der Waals surface area contributed by atoms with Gasteiger partial charge < -0.3 is 23.7 Å². The van der Waals surface area contributed by atoms with Gasteiger partial charge in [-0.15, -0.1) is 0 Å². The van der Waals surface area contributed by atoms with Crippen molar-refractivity contribution in [2.45, 2.75) is 114 Å². The van der Waals surface area contributed by atoms with Crippen LogP contribution in [0.3, 0.4) is 0 Å². The first-order chi connectivity index (χ1) is 18.3. The number of fused-ring (bicyclic) bond motifs is 1. The molecule has 0 aliphatic carbocycles. The molecule has 2 aromatic rings. The normalized spacial score (nSPS) is 27.7. The molecule has 0 amide bonds. The average molecular weight is 543 g/mol. The number of aryl methyl sites for hydroxylation is 1. The Hall–Kier alpha value is -1.41. The van der Waals surface area contributed by atoms with Crippen LogP contribution < -0.4 is 0 Å². The summed E-state index contributed by atoms with van der Waals surface area (Å²) in [7, 11) is 0. The van der Waals surface area contributed by atoms with Crippen molar-refractivity contribution in [1.29, 1.82) is 0 Å². The summed E-state index contributed by atoms with van der Waals surface area (Å²) < 4.78 is 32.7. The van der Waals surface area contributed by atoms with E-state index in [2.05, 4.69) is 59.7 Å². The van der Waals surface area contributed by atoms with E-state index in [1.165, 1.54) is 16.0 Å². The topological polar surface area (TPSA) is 46.2 Å². The lowest BCUT2D eigenvalue weighted by Crippen LogP contribution is -2.62. The van der Waals surface area contributed by atoms with E-state index in [9.17, 15) is 0 Å². The third kappa shape index (κ3) is 7.41. The third-order valence-corrected chi connectivity index (χ3v) is 8.57. The maximum absolute atomic E-state index is 6.75. The monoisotopic (exact) mass is 542 g/mol. The zero-order valence-electron chi connectivity index (χ0n) is 24.0. The number of hydrogen-bond donors (Lipinski definition) is 0.